The molecule has 2 aliphatic rings. The van der Waals surface area contributed by atoms with Crippen LogP contribution in [0.5, 0.6) is 0 Å². The molecule has 0 spiro atoms. The van der Waals surface area contributed by atoms with Gasteiger partial charge in [0.15, 0.2) is 5.82 Å². The smallest absolute Gasteiger partial charge is 0.227 e. The summed E-state index contributed by atoms with van der Waals surface area (Å²) in [6, 6.07) is 0.327. The normalized spacial score (nSPS) is 28.8. The summed E-state index contributed by atoms with van der Waals surface area (Å²) < 4.78 is 1.70. The van der Waals surface area contributed by atoms with Crippen LogP contribution in [-0.2, 0) is 18.4 Å². The fourth-order valence-corrected chi connectivity index (χ4v) is 3.07. The zero-order chi connectivity index (χ0) is 12.7. The number of carbonyl (C=O) groups is 1. The topological polar surface area (TPSA) is 67.2 Å². The van der Waals surface area contributed by atoms with Crippen molar-refractivity contribution in [2.45, 2.75) is 25.4 Å². The van der Waals surface area contributed by atoms with E-state index >= 15 is 0 Å². The largest absolute Gasteiger partial charge is 0.344 e. The van der Waals surface area contributed by atoms with Crippen molar-refractivity contribution in [3.05, 3.63) is 5.82 Å². The van der Waals surface area contributed by atoms with Gasteiger partial charge in [-0.25, -0.2) is 4.68 Å². The predicted octanol–water partition coefficient (Wildman–Crippen LogP) is -0.737. The number of aromatic nitrogens is 4. The Balaban J connectivity index is 1.77. The average molecular weight is 250 g/mol. The number of tetrazole rings is 1. The van der Waals surface area contributed by atoms with Crippen molar-refractivity contribution in [3.8, 4) is 0 Å². The Morgan fingerprint density at radius 3 is 2.94 bits per heavy atom. The van der Waals surface area contributed by atoms with Gasteiger partial charge in [-0.2, -0.15) is 0 Å². The van der Waals surface area contributed by atoms with E-state index in [1.54, 1.807) is 4.68 Å². The maximum absolute atomic E-state index is 12.0. The first-order valence-electron chi connectivity index (χ1n) is 6.37. The van der Waals surface area contributed by atoms with E-state index in [-0.39, 0.29) is 5.92 Å². The van der Waals surface area contributed by atoms with Gasteiger partial charge in [0.1, 0.15) is 0 Å². The Morgan fingerprint density at radius 1 is 1.39 bits per heavy atom. The third-order valence-corrected chi connectivity index (χ3v) is 4.10. The highest BCUT2D eigenvalue weighted by Gasteiger charge is 2.43. The van der Waals surface area contributed by atoms with Crippen LogP contribution in [0.25, 0.3) is 0 Å². The molecule has 0 unspecified atom stereocenters. The molecule has 0 bridgehead atoms. The Labute approximate surface area is 106 Å². The number of likely N-dealkylation sites (tertiary alicyclic amines) is 2. The molecule has 2 aliphatic heterocycles. The highest BCUT2D eigenvalue weighted by atomic mass is 16.2. The minimum Gasteiger partial charge on any atom is -0.344 e. The average Bonchev–Trinajstić information content (AvgIpc) is 2.87. The summed E-state index contributed by atoms with van der Waals surface area (Å²) in [4.78, 5) is 16.2. The van der Waals surface area contributed by atoms with Crippen LogP contribution in [-0.4, -0.2) is 62.1 Å². The minimum atomic E-state index is 0.171. The second kappa shape index (κ2) is 4.31. The SMILES string of the molecule is CN1C[C@@H]2[C@@H](CCCN2Cc2nnnn2C)C1=O. The van der Waals surface area contributed by atoms with E-state index in [0.29, 0.717) is 11.9 Å². The second-order valence-corrected chi connectivity index (χ2v) is 5.22. The summed E-state index contributed by atoms with van der Waals surface area (Å²) in [6.45, 7) is 2.58. The molecule has 98 valence electrons. The maximum atomic E-state index is 12.0. The Hall–Kier alpha value is -1.50. The van der Waals surface area contributed by atoms with Crippen molar-refractivity contribution in [2.75, 3.05) is 20.1 Å². The van der Waals surface area contributed by atoms with E-state index in [1.807, 2.05) is 19.0 Å². The molecule has 3 heterocycles. The van der Waals surface area contributed by atoms with Gasteiger partial charge in [0.25, 0.3) is 0 Å². The highest BCUT2D eigenvalue weighted by molar-refractivity contribution is 5.81. The van der Waals surface area contributed by atoms with Crippen molar-refractivity contribution in [1.29, 1.82) is 0 Å². The van der Waals surface area contributed by atoms with Crippen molar-refractivity contribution < 1.29 is 4.79 Å². The summed E-state index contributed by atoms with van der Waals surface area (Å²) in [7, 11) is 3.74. The molecule has 0 aliphatic carbocycles. The Kier molecular flexibility index (Phi) is 2.77. The molecule has 0 saturated carbocycles. The maximum Gasteiger partial charge on any atom is 0.227 e. The van der Waals surface area contributed by atoms with Gasteiger partial charge >= 0.3 is 0 Å². The number of nitrogens with zero attached hydrogens (tertiary/aromatic N) is 6. The molecule has 2 saturated heterocycles. The van der Waals surface area contributed by atoms with Crippen LogP contribution >= 0.6 is 0 Å². The van der Waals surface area contributed by atoms with Crippen LogP contribution in [0.2, 0.25) is 0 Å². The van der Waals surface area contributed by atoms with Crippen LogP contribution in [0, 0.1) is 5.92 Å². The highest BCUT2D eigenvalue weighted by Crippen LogP contribution is 2.31. The van der Waals surface area contributed by atoms with E-state index in [0.717, 1.165) is 38.3 Å². The lowest BCUT2D eigenvalue weighted by Crippen LogP contribution is -2.45. The third kappa shape index (κ3) is 1.78. The quantitative estimate of drug-likeness (QED) is 0.692. The summed E-state index contributed by atoms with van der Waals surface area (Å²) in [5.41, 5.74) is 0. The van der Waals surface area contributed by atoms with Gasteiger partial charge in [0, 0.05) is 26.7 Å². The molecule has 1 aromatic heterocycles. The van der Waals surface area contributed by atoms with Crippen molar-refractivity contribution in [2.24, 2.45) is 13.0 Å². The first-order chi connectivity index (χ1) is 8.66. The lowest BCUT2D eigenvalue weighted by Gasteiger charge is -2.35. The van der Waals surface area contributed by atoms with Crippen LogP contribution in [0.3, 0.4) is 0 Å². The van der Waals surface area contributed by atoms with Gasteiger partial charge in [0.05, 0.1) is 12.5 Å². The number of fused-ring (bicyclic) bond motifs is 1. The summed E-state index contributed by atoms with van der Waals surface area (Å²) in [5.74, 6) is 1.32. The monoisotopic (exact) mass is 250 g/mol. The van der Waals surface area contributed by atoms with Crippen LogP contribution < -0.4 is 0 Å². The van der Waals surface area contributed by atoms with E-state index in [9.17, 15) is 4.79 Å². The zero-order valence-electron chi connectivity index (χ0n) is 10.8. The van der Waals surface area contributed by atoms with Gasteiger partial charge in [-0.1, -0.05) is 0 Å². The second-order valence-electron chi connectivity index (χ2n) is 5.22. The lowest BCUT2D eigenvalue weighted by molar-refractivity contribution is -0.130. The molecule has 0 aromatic carbocycles. The zero-order valence-corrected chi connectivity index (χ0v) is 10.8. The number of aryl methyl sites for hydroxylation is 1. The van der Waals surface area contributed by atoms with Crippen LogP contribution in [0.4, 0.5) is 0 Å². The third-order valence-electron chi connectivity index (χ3n) is 4.10. The molecule has 0 N–H and O–H groups in total. The van der Waals surface area contributed by atoms with Gasteiger partial charge in [-0.3, -0.25) is 9.69 Å². The van der Waals surface area contributed by atoms with E-state index in [4.69, 9.17) is 0 Å². The van der Waals surface area contributed by atoms with Crippen molar-refractivity contribution >= 4 is 5.91 Å². The number of amides is 1. The molecule has 2 fully saturated rings. The number of hydrogen-bond donors (Lipinski definition) is 0. The number of hydrogen-bond acceptors (Lipinski definition) is 5. The van der Waals surface area contributed by atoms with E-state index < -0.39 is 0 Å². The molecule has 0 radical (unpaired) electrons. The number of rotatable bonds is 2. The molecule has 3 rings (SSSR count). The first-order valence-corrected chi connectivity index (χ1v) is 6.37. The van der Waals surface area contributed by atoms with Gasteiger partial charge in [0.2, 0.25) is 5.91 Å². The molecule has 7 heteroatoms. The minimum absolute atomic E-state index is 0.171. The fourth-order valence-electron chi connectivity index (χ4n) is 3.07. The first kappa shape index (κ1) is 11.6. The van der Waals surface area contributed by atoms with Crippen LogP contribution in [0.1, 0.15) is 18.7 Å². The Bertz CT molecular complexity index is 458. The van der Waals surface area contributed by atoms with E-state index in [2.05, 4.69) is 20.4 Å². The molecule has 7 nitrogen and oxygen atoms in total. The van der Waals surface area contributed by atoms with Gasteiger partial charge in [-0.05, 0) is 29.8 Å². The predicted molar refractivity (Wildman–Crippen MR) is 63.4 cm³/mol. The molecule has 1 amide bonds. The number of carbonyl (C=O) groups excluding carboxylic acids is 1. The van der Waals surface area contributed by atoms with Crippen molar-refractivity contribution in [1.82, 2.24) is 30.0 Å². The summed E-state index contributed by atoms with van der Waals surface area (Å²) in [5, 5.41) is 11.5. The molecule has 18 heavy (non-hydrogen) atoms. The lowest BCUT2D eigenvalue weighted by atomic mass is 9.91. The molecule has 1 aromatic rings. The van der Waals surface area contributed by atoms with E-state index in [1.165, 1.54) is 0 Å². The standard InChI is InChI=1S/C11H18N6O/c1-15-6-9-8(11(15)18)4-3-5-17(9)7-10-12-13-14-16(10)2/h8-9H,3-7H2,1-2H3/t8-,9-/m1/s1. The molecular weight excluding hydrogens is 232 g/mol. The summed E-state index contributed by atoms with van der Waals surface area (Å²) >= 11 is 0. The fraction of sp³-hybridized carbons (Fsp3) is 0.818. The van der Waals surface area contributed by atoms with Gasteiger partial charge < -0.3 is 4.90 Å². The van der Waals surface area contributed by atoms with Crippen LogP contribution in [0.15, 0.2) is 0 Å². The summed E-state index contributed by atoms with van der Waals surface area (Å²) in [6.07, 6.45) is 2.09. The molecular formula is C11H18N6O. The number of likely N-dealkylation sites (N-methyl/N-ethyl adjacent to an activating group) is 1. The Morgan fingerprint density at radius 2 is 2.22 bits per heavy atom. The molecule has 2 atom stereocenters. The number of piperidine rings is 1. The van der Waals surface area contributed by atoms with Gasteiger partial charge in [-0.15, -0.1) is 5.10 Å². The van der Waals surface area contributed by atoms with Crippen molar-refractivity contribution in [3.63, 3.8) is 0 Å².